The number of carbonyl (C=O) groups excluding carboxylic acids is 1. The molecule has 3 N–H and O–H groups in total. The average molecular weight is 263 g/mol. The van der Waals surface area contributed by atoms with Crippen LogP contribution in [0.25, 0.3) is 0 Å². The Bertz CT molecular complexity index is 392. The van der Waals surface area contributed by atoms with Crippen LogP contribution in [-0.4, -0.2) is 19.1 Å². The number of nitrogen functional groups attached to an aromatic ring is 1. The molecular formula is C10H15ClN2O2S. The molecule has 0 saturated carbocycles. The number of ether oxygens (including phenoxy) is 1. The van der Waals surface area contributed by atoms with Gasteiger partial charge in [0.05, 0.1) is 12.2 Å². The zero-order chi connectivity index (χ0) is 10.8. The van der Waals surface area contributed by atoms with Gasteiger partial charge >= 0.3 is 5.97 Å². The summed E-state index contributed by atoms with van der Waals surface area (Å²) < 4.78 is 5.00. The molecule has 0 unspecified atom stereocenters. The fourth-order valence-electron chi connectivity index (χ4n) is 1.78. The lowest BCUT2D eigenvalue weighted by Gasteiger charge is -2.13. The van der Waals surface area contributed by atoms with E-state index in [4.69, 9.17) is 10.5 Å². The molecule has 6 heteroatoms. The van der Waals surface area contributed by atoms with Crippen LogP contribution < -0.4 is 11.1 Å². The minimum absolute atomic E-state index is 0. The second-order valence-corrected chi connectivity index (χ2v) is 4.53. The molecule has 0 saturated heterocycles. The summed E-state index contributed by atoms with van der Waals surface area (Å²) in [6.45, 7) is 3.90. The Labute approximate surface area is 105 Å². The highest BCUT2D eigenvalue weighted by Gasteiger charge is 2.24. The number of anilines is 1. The standard InChI is InChI=1S/C10H14N2O2S.ClH/c1-2-14-10(13)8-6-3-4-12-5-7(6)15-9(8)11;/h12H,2-5,11H2,1H3;1H. The van der Waals surface area contributed by atoms with Crippen molar-refractivity contribution in [2.45, 2.75) is 19.9 Å². The fourth-order valence-corrected chi connectivity index (χ4v) is 2.86. The predicted molar refractivity (Wildman–Crippen MR) is 67.3 cm³/mol. The van der Waals surface area contributed by atoms with Crippen LogP contribution in [0.5, 0.6) is 0 Å². The number of fused-ring (bicyclic) bond motifs is 1. The van der Waals surface area contributed by atoms with Crippen molar-refractivity contribution in [3.63, 3.8) is 0 Å². The Hall–Kier alpha value is -0.780. The maximum Gasteiger partial charge on any atom is 0.341 e. The van der Waals surface area contributed by atoms with Crippen LogP contribution in [0.1, 0.15) is 27.7 Å². The van der Waals surface area contributed by atoms with Gasteiger partial charge in [-0.2, -0.15) is 0 Å². The number of rotatable bonds is 2. The first kappa shape index (κ1) is 13.3. The summed E-state index contributed by atoms with van der Waals surface area (Å²) in [5, 5.41) is 3.84. The number of halogens is 1. The predicted octanol–water partition coefficient (Wildman–Crippen LogP) is 1.57. The normalized spacial score (nSPS) is 13.8. The van der Waals surface area contributed by atoms with E-state index in [-0.39, 0.29) is 18.4 Å². The molecule has 0 aliphatic carbocycles. The number of carbonyl (C=O) groups is 1. The van der Waals surface area contributed by atoms with E-state index >= 15 is 0 Å². The smallest absolute Gasteiger partial charge is 0.341 e. The lowest BCUT2D eigenvalue weighted by atomic mass is 10.0. The Morgan fingerprint density at radius 1 is 1.62 bits per heavy atom. The summed E-state index contributed by atoms with van der Waals surface area (Å²) in [5.74, 6) is -0.283. The third kappa shape index (κ3) is 2.31. The Balaban J connectivity index is 0.00000128. The molecule has 0 bridgehead atoms. The van der Waals surface area contributed by atoms with Crippen molar-refractivity contribution in [2.75, 3.05) is 18.9 Å². The third-order valence-electron chi connectivity index (χ3n) is 2.43. The largest absolute Gasteiger partial charge is 0.462 e. The average Bonchev–Trinajstić information content (AvgIpc) is 2.54. The van der Waals surface area contributed by atoms with E-state index in [1.165, 1.54) is 16.2 Å². The van der Waals surface area contributed by atoms with Gasteiger partial charge in [-0.1, -0.05) is 0 Å². The number of nitrogens with one attached hydrogen (secondary N) is 1. The monoisotopic (exact) mass is 262 g/mol. The van der Waals surface area contributed by atoms with Crippen LogP contribution in [0.2, 0.25) is 0 Å². The molecule has 0 atom stereocenters. The second kappa shape index (κ2) is 5.52. The van der Waals surface area contributed by atoms with E-state index in [0.717, 1.165) is 25.1 Å². The van der Waals surface area contributed by atoms with Gasteiger partial charge in [0.2, 0.25) is 0 Å². The van der Waals surface area contributed by atoms with Crippen molar-refractivity contribution < 1.29 is 9.53 Å². The van der Waals surface area contributed by atoms with Crippen LogP contribution in [0.4, 0.5) is 5.00 Å². The van der Waals surface area contributed by atoms with Crippen LogP contribution >= 0.6 is 23.7 Å². The van der Waals surface area contributed by atoms with E-state index in [1.807, 2.05) is 0 Å². The van der Waals surface area contributed by atoms with Crippen molar-refractivity contribution >= 4 is 34.7 Å². The Morgan fingerprint density at radius 3 is 3.06 bits per heavy atom. The van der Waals surface area contributed by atoms with Crippen LogP contribution in [-0.2, 0) is 17.7 Å². The molecule has 2 rings (SSSR count). The molecule has 1 aliphatic rings. The molecule has 1 aromatic heterocycles. The fraction of sp³-hybridized carbons (Fsp3) is 0.500. The lowest BCUT2D eigenvalue weighted by Crippen LogP contribution is -2.23. The van der Waals surface area contributed by atoms with Crippen molar-refractivity contribution in [1.29, 1.82) is 0 Å². The second-order valence-electron chi connectivity index (χ2n) is 3.39. The van der Waals surface area contributed by atoms with Crippen molar-refractivity contribution in [3.8, 4) is 0 Å². The van der Waals surface area contributed by atoms with E-state index in [9.17, 15) is 4.79 Å². The minimum atomic E-state index is -0.283. The molecule has 4 nitrogen and oxygen atoms in total. The molecule has 0 radical (unpaired) electrons. The van der Waals surface area contributed by atoms with Gasteiger partial charge in [0.1, 0.15) is 5.00 Å². The molecule has 2 heterocycles. The summed E-state index contributed by atoms with van der Waals surface area (Å²) in [6, 6.07) is 0. The first-order chi connectivity index (χ1) is 7.24. The summed E-state index contributed by atoms with van der Waals surface area (Å²) in [6.07, 6.45) is 0.858. The van der Waals surface area contributed by atoms with Gasteiger partial charge in [0, 0.05) is 11.4 Å². The number of nitrogens with two attached hydrogens (primary N) is 1. The van der Waals surface area contributed by atoms with Crippen LogP contribution in [0.15, 0.2) is 0 Å². The van der Waals surface area contributed by atoms with E-state index in [2.05, 4.69) is 5.32 Å². The highest BCUT2D eigenvalue weighted by atomic mass is 35.5. The first-order valence-corrected chi connectivity index (χ1v) is 5.83. The summed E-state index contributed by atoms with van der Waals surface area (Å²) in [7, 11) is 0. The van der Waals surface area contributed by atoms with E-state index in [1.54, 1.807) is 6.92 Å². The van der Waals surface area contributed by atoms with Crippen LogP contribution in [0.3, 0.4) is 0 Å². The lowest BCUT2D eigenvalue weighted by molar-refractivity contribution is 0.0526. The molecule has 0 aromatic carbocycles. The molecule has 0 amide bonds. The molecule has 1 aromatic rings. The van der Waals surface area contributed by atoms with E-state index < -0.39 is 0 Å². The topological polar surface area (TPSA) is 64.3 Å². The summed E-state index contributed by atoms with van der Waals surface area (Å²) in [5.41, 5.74) is 7.52. The number of hydrogen-bond acceptors (Lipinski definition) is 5. The van der Waals surface area contributed by atoms with Crippen LogP contribution in [0, 0.1) is 0 Å². The van der Waals surface area contributed by atoms with E-state index in [0.29, 0.717) is 17.2 Å². The molecule has 1 aliphatic heterocycles. The number of esters is 1. The molecular weight excluding hydrogens is 248 g/mol. The van der Waals surface area contributed by atoms with Gasteiger partial charge in [-0.15, -0.1) is 23.7 Å². The Kier molecular flexibility index (Phi) is 4.58. The maximum absolute atomic E-state index is 11.7. The SMILES string of the molecule is CCOC(=O)c1c(N)sc2c1CCNC2.Cl. The highest BCUT2D eigenvalue weighted by Crippen LogP contribution is 2.33. The number of hydrogen-bond donors (Lipinski definition) is 2. The molecule has 0 spiro atoms. The first-order valence-electron chi connectivity index (χ1n) is 5.02. The molecule has 90 valence electrons. The van der Waals surface area contributed by atoms with Crippen molar-refractivity contribution in [3.05, 3.63) is 16.0 Å². The van der Waals surface area contributed by atoms with Gasteiger partial charge in [0.25, 0.3) is 0 Å². The molecule has 0 fully saturated rings. The molecule has 16 heavy (non-hydrogen) atoms. The summed E-state index contributed by atoms with van der Waals surface area (Å²) in [4.78, 5) is 12.9. The van der Waals surface area contributed by atoms with Gasteiger partial charge in [-0.25, -0.2) is 4.79 Å². The van der Waals surface area contributed by atoms with Crippen molar-refractivity contribution in [2.24, 2.45) is 0 Å². The quantitative estimate of drug-likeness (QED) is 0.795. The Morgan fingerprint density at radius 2 is 2.38 bits per heavy atom. The number of thiophene rings is 1. The van der Waals surface area contributed by atoms with Gasteiger partial charge in [0.15, 0.2) is 0 Å². The highest BCUT2D eigenvalue weighted by molar-refractivity contribution is 7.16. The summed E-state index contributed by atoms with van der Waals surface area (Å²) >= 11 is 1.49. The third-order valence-corrected chi connectivity index (χ3v) is 3.50. The zero-order valence-electron chi connectivity index (χ0n) is 9.04. The minimum Gasteiger partial charge on any atom is -0.462 e. The zero-order valence-corrected chi connectivity index (χ0v) is 10.7. The maximum atomic E-state index is 11.7. The van der Waals surface area contributed by atoms with Gasteiger partial charge < -0.3 is 15.8 Å². The van der Waals surface area contributed by atoms with Gasteiger partial charge in [-0.05, 0) is 25.5 Å². The van der Waals surface area contributed by atoms with Crippen molar-refractivity contribution in [1.82, 2.24) is 5.32 Å². The van der Waals surface area contributed by atoms with Gasteiger partial charge in [-0.3, -0.25) is 0 Å².